The third kappa shape index (κ3) is 10.9. The highest BCUT2D eigenvalue weighted by Gasteiger charge is 2.45. The van der Waals surface area contributed by atoms with Gasteiger partial charge in [-0.2, -0.15) is 21.4 Å². The molecule has 324 valence electrons. The molecule has 60 heavy (non-hydrogen) atoms. The molecule has 0 saturated carbocycles. The van der Waals surface area contributed by atoms with Crippen LogP contribution in [0.1, 0.15) is 69.2 Å². The number of fused-ring (bicyclic) bond motifs is 2. The molecule has 0 spiro atoms. The Kier molecular flexibility index (Phi) is 13.3. The average Bonchev–Trinajstić information content (AvgIpc) is 3.46. The standard InChI is InChI=1S/C46H60N4O8S2/c1-45(2)38-31-36(59(53,54)55)20-22-40(38)47(27-11-29-49(5,6)7)42(45)24-18-35(34-16-13-33(14-17-34)15-26-44(51)52)19-25-43-46(3,4)39-32-37(60(56,57)58)21-23-41(39)48(43)28-12-30-50(8,9)10/h13-14,16-25,31-32H,11-12,15,26-30H2,1-10H3/p+3. The Morgan fingerprint density at radius 2 is 1.33 bits per heavy atom. The van der Waals surface area contributed by atoms with Crippen LogP contribution < -0.4 is 4.90 Å². The number of benzene rings is 3. The van der Waals surface area contributed by atoms with Gasteiger partial charge in [-0.25, -0.2) is 0 Å². The first-order valence-electron chi connectivity index (χ1n) is 20.3. The van der Waals surface area contributed by atoms with Gasteiger partial charge in [0.25, 0.3) is 20.2 Å². The highest BCUT2D eigenvalue weighted by Crippen LogP contribution is 2.49. The molecule has 0 radical (unpaired) electrons. The van der Waals surface area contributed by atoms with E-state index in [-0.39, 0.29) is 16.2 Å². The number of carboxylic acid groups (broad SMARTS) is 1. The first kappa shape index (κ1) is 46.6. The summed E-state index contributed by atoms with van der Waals surface area (Å²) >= 11 is 0. The summed E-state index contributed by atoms with van der Waals surface area (Å²) < 4.78 is 72.9. The van der Waals surface area contributed by atoms with Gasteiger partial charge in [-0.05, 0) is 85.0 Å². The fourth-order valence-electron chi connectivity index (χ4n) is 8.22. The van der Waals surface area contributed by atoms with Crippen LogP contribution in [0.15, 0.2) is 100 Å². The van der Waals surface area contributed by atoms with Crippen molar-refractivity contribution in [2.75, 3.05) is 73.4 Å². The van der Waals surface area contributed by atoms with Crippen molar-refractivity contribution in [3.63, 3.8) is 0 Å². The quantitative estimate of drug-likeness (QED) is 0.0560. The van der Waals surface area contributed by atoms with Crippen molar-refractivity contribution in [3.8, 4) is 0 Å². The van der Waals surface area contributed by atoms with Crippen LogP contribution in [-0.2, 0) is 42.3 Å². The summed E-state index contributed by atoms with van der Waals surface area (Å²) in [6.07, 6.45) is 10.4. The summed E-state index contributed by atoms with van der Waals surface area (Å²) in [5, 5.41) is 9.30. The predicted octanol–water partition coefficient (Wildman–Crippen LogP) is 7.09. The Labute approximate surface area is 357 Å². The summed E-state index contributed by atoms with van der Waals surface area (Å²) in [7, 11) is 4.00. The van der Waals surface area contributed by atoms with Gasteiger partial charge in [-0.1, -0.05) is 44.2 Å². The van der Waals surface area contributed by atoms with Crippen molar-refractivity contribution in [3.05, 3.63) is 113 Å². The highest BCUT2D eigenvalue weighted by atomic mass is 32.2. The lowest BCUT2D eigenvalue weighted by Gasteiger charge is -2.29. The van der Waals surface area contributed by atoms with E-state index in [2.05, 4.69) is 104 Å². The molecule has 0 aliphatic carbocycles. The molecular weight excluding hydrogens is 801 g/mol. The maximum absolute atomic E-state index is 12.3. The topological polar surface area (TPSA) is 152 Å². The van der Waals surface area contributed by atoms with Crippen LogP contribution in [0.4, 0.5) is 11.4 Å². The number of quaternary nitrogens is 2. The van der Waals surface area contributed by atoms with Crippen LogP contribution in [-0.4, -0.2) is 125 Å². The van der Waals surface area contributed by atoms with Crippen LogP contribution in [0.5, 0.6) is 0 Å². The Bertz CT molecular complexity index is 2480. The fourth-order valence-corrected chi connectivity index (χ4v) is 9.23. The molecule has 0 bridgehead atoms. The van der Waals surface area contributed by atoms with E-state index in [4.69, 9.17) is 0 Å². The van der Waals surface area contributed by atoms with Gasteiger partial charge in [-0.15, -0.1) is 0 Å². The number of nitrogens with zero attached hydrogens (tertiary/aromatic N) is 4. The Hall–Kier alpha value is -4.44. The highest BCUT2D eigenvalue weighted by molar-refractivity contribution is 7.86. The third-order valence-electron chi connectivity index (χ3n) is 11.5. The number of anilines is 1. The van der Waals surface area contributed by atoms with Crippen molar-refractivity contribution in [2.45, 2.75) is 74.0 Å². The van der Waals surface area contributed by atoms with E-state index in [1.807, 2.05) is 24.3 Å². The molecule has 3 aromatic carbocycles. The number of hydrogen-bond donors (Lipinski definition) is 3. The van der Waals surface area contributed by atoms with Crippen LogP contribution in [0.3, 0.4) is 0 Å². The van der Waals surface area contributed by atoms with Gasteiger partial charge in [0.1, 0.15) is 0 Å². The average molecular weight is 864 g/mol. The van der Waals surface area contributed by atoms with Gasteiger partial charge in [0.15, 0.2) is 12.3 Å². The van der Waals surface area contributed by atoms with E-state index in [1.54, 1.807) is 24.3 Å². The lowest BCUT2D eigenvalue weighted by Crippen LogP contribution is -2.37. The van der Waals surface area contributed by atoms with Gasteiger partial charge in [-0.3, -0.25) is 13.9 Å². The maximum Gasteiger partial charge on any atom is 0.303 e. The van der Waals surface area contributed by atoms with Crippen LogP contribution in [0, 0.1) is 0 Å². The zero-order valence-electron chi connectivity index (χ0n) is 36.7. The number of hydrogen-bond acceptors (Lipinski definition) is 6. The van der Waals surface area contributed by atoms with Gasteiger partial charge < -0.3 is 19.0 Å². The molecule has 0 amide bonds. The molecule has 0 atom stereocenters. The van der Waals surface area contributed by atoms with E-state index >= 15 is 0 Å². The smallest absolute Gasteiger partial charge is 0.303 e. The minimum absolute atomic E-state index is 0.0180. The molecular formula is C46H63N4O8S2+3. The van der Waals surface area contributed by atoms with Crippen LogP contribution >= 0.6 is 0 Å². The van der Waals surface area contributed by atoms with E-state index in [1.165, 1.54) is 12.1 Å². The lowest BCUT2D eigenvalue weighted by atomic mass is 9.81. The van der Waals surface area contributed by atoms with Crippen molar-refractivity contribution in [1.29, 1.82) is 0 Å². The first-order valence-corrected chi connectivity index (χ1v) is 23.2. The Balaban J connectivity index is 1.68. The second kappa shape index (κ2) is 17.1. The van der Waals surface area contributed by atoms with Gasteiger partial charge in [0.2, 0.25) is 5.69 Å². The Morgan fingerprint density at radius 1 is 0.767 bits per heavy atom. The largest absolute Gasteiger partial charge is 0.481 e. The molecule has 12 nitrogen and oxygen atoms in total. The van der Waals surface area contributed by atoms with Crippen LogP contribution in [0.2, 0.25) is 0 Å². The van der Waals surface area contributed by atoms with Crippen molar-refractivity contribution in [2.24, 2.45) is 0 Å². The molecule has 0 fully saturated rings. The van der Waals surface area contributed by atoms with E-state index in [9.17, 15) is 35.8 Å². The molecule has 2 aliphatic rings. The van der Waals surface area contributed by atoms with Crippen molar-refractivity contribution in [1.82, 2.24) is 0 Å². The molecule has 2 aliphatic heterocycles. The number of rotatable bonds is 17. The lowest BCUT2D eigenvalue weighted by molar-refractivity contribution is -0.871. The number of carbonyl (C=O) groups is 1. The molecule has 0 saturated heterocycles. The van der Waals surface area contributed by atoms with Gasteiger partial charge >= 0.3 is 5.97 Å². The fraction of sp³-hybridized carbons (Fsp3) is 0.435. The molecule has 5 rings (SSSR count). The minimum atomic E-state index is -4.44. The molecule has 0 aromatic heterocycles. The van der Waals surface area contributed by atoms with Crippen molar-refractivity contribution < 1.29 is 49.4 Å². The zero-order chi connectivity index (χ0) is 44.6. The zero-order valence-corrected chi connectivity index (χ0v) is 38.4. The minimum Gasteiger partial charge on any atom is -0.481 e. The van der Waals surface area contributed by atoms with E-state index < -0.39 is 37.0 Å². The maximum atomic E-state index is 12.3. The summed E-state index contributed by atoms with van der Waals surface area (Å²) in [6, 6.07) is 17.4. The molecule has 0 unspecified atom stereocenters. The third-order valence-corrected chi connectivity index (χ3v) is 13.2. The normalized spacial score (nSPS) is 17.5. The van der Waals surface area contributed by atoms with Gasteiger partial charge in [0, 0.05) is 53.9 Å². The number of aliphatic carboxylic acids is 1. The molecule has 3 aromatic rings. The Morgan fingerprint density at radius 3 is 1.90 bits per heavy atom. The number of aryl methyl sites for hydroxylation is 1. The summed E-state index contributed by atoms with van der Waals surface area (Å²) in [6.45, 7) is 11.4. The second-order valence-electron chi connectivity index (χ2n) is 19.1. The van der Waals surface area contributed by atoms with Crippen molar-refractivity contribution >= 4 is 48.9 Å². The molecule has 2 heterocycles. The molecule has 14 heteroatoms. The number of carboxylic acids is 1. The summed E-state index contributed by atoms with van der Waals surface area (Å²) in [5.41, 5.74) is 6.60. The van der Waals surface area contributed by atoms with E-state index in [0.29, 0.717) is 19.5 Å². The van der Waals surface area contributed by atoms with Crippen LogP contribution in [0.25, 0.3) is 5.57 Å². The van der Waals surface area contributed by atoms with Gasteiger partial charge in [0.05, 0.1) is 77.0 Å². The number of allylic oxidation sites excluding steroid dienone is 6. The summed E-state index contributed by atoms with van der Waals surface area (Å²) in [5.74, 6) is -0.865. The molecule has 3 N–H and O–H groups in total. The summed E-state index contributed by atoms with van der Waals surface area (Å²) in [4.78, 5) is 13.3. The predicted molar refractivity (Wildman–Crippen MR) is 238 cm³/mol. The SMILES string of the molecule is CC1(C)C(/C=C/C(=C/C=C2/N(CCC[N+](C)(C)C)c3ccc(S(=O)(=O)O)cc3C2(C)C)c2ccc(CCC(=O)O)cc2)=[N+](CCC[N+](C)(C)C)c2ccc(S(=O)(=O)O)cc21. The first-order chi connectivity index (χ1) is 27.6. The van der Waals surface area contributed by atoms with E-state index in [0.717, 1.165) is 85.5 Å². The second-order valence-corrected chi connectivity index (χ2v) is 21.9. The monoisotopic (exact) mass is 863 g/mol.